The number of halogens is 1. The van der Waals surface area contributed by atoms with Gasteiger partial charge in [-0.05, 0) is 56.5 Å². The van der Waals surface area contributed by atoms with E-state index in [0.717, 1.165) is 30.2 Å². The van der Waals surface area contributed by atoms with Gasteiger partial charge in [-0.25, -0.2) is 9.18 Å². The molecular formula is C29H32FN5O5. The summed E-state index contributed by atoms with van der Waals surface area (Å²) in [6.07, 6.45) is 3.15. The molecule has 3 aromatic rings. The number of carbonyl (C=O) groups excluding carboxylic acids is 1. The number of hydrogen-bond acceptors (Lipinski definition) is 7. The van der Waals surface area contributed by atoms with E-state index in [1.807, 2.05) is 47.9 Å². The summed E-state index contributed by atoms with van der Waals surface area (Å²) in [7, 11) is 1.49. The lowest BCUT2D eigenvalue weighted by atomic mass is 10.1. The Kier molecular flexibility index (Phi) is 7.57. The highest BCUT2D eigenvalue weighted by Gasteiger charge is 2.30. The van der Waals surface area contributed by atoms with Crippen LogP contribution in [0.1, 0.15) is 48.7 Å². The van der Waals surface area contributed by atoms with E-state index in [4.69, 9.17) is 4.84 Å². The molecule has 1 aliphatic carbocycles. The number of amides is 1. The van der Waals surface area contributed by atoms with E-state index in [2.05, 4.69) is 10.5 Å². The Morgan fingerprint density at radius 2 is 1.80 bits per heavy atom. The molecule has 2 aromatic carbocycles. The number of oxime groups is 1. The molecule has 1 saturated heterocycles. The summed E-state index contributed by atoms with van der Waals surface area (Å²) in [6, 6.07) is 9.88. The average molecular weight is 550 g/mol. The van der Waals surface area contributed by atoms with Crippen LogP contribution in [-0.2, 0) is 9.63 Å². The van der Waals surface area contributed by atoms with Crippen molar-refractivity contribution in [1.82, 2.24) is 9.47 Å². The van der Waals surface area contributed by atoms with Crippen LogP contribution < -0.4 is 15.6 Å². The molecule has 1 atom stereocenters. The van der Waals surface area contributed by atoms with Crippen molar-refractivity contribution in [3.05, 3.63) is 69.8 Å². The topological polar surface area (TPSA) is 116 Å². The second-order valence-electron chi connectivity index (χ2n) is 10.3. The van der Waals surface area contributed by atoms with Gasteiger partial charge in [-0.3, -0.25) is 14.5 Å². The first-order valence-corrected chi connectivity index (χ1v) is 13.3. The Morgan fingerprint density at radius 3 is 2.40 bits per heavy atom. The van der Waals surface area contributed by atoms with Crippen molar-refractivity contribution in [2.24, 2.45) is 5.16 Å². The van der Waals surface area contributed by atoms with Gasteiger partial charge in [-0.15, -0.1) is 0 Å². The third-order valence-electron chi connectivity index (χ3n) is 7.65. The molecule has 1 aliphatic heterocycles. The SMILES string of the molecule is CO/N=C(\C)c1ccc(NC(=O)C(C)N2CCN(c3cc4c(cc3F)c(=O)c(C(=O)O)cn4C3CC3)CC2)cc1. The number of nitrogens with one attached hydrogen (secondary N) is 1. The number of nitrogens with zero attached hydrogens (tertiary/aromatic N) is 4. The zero-order chi connectivity index (χ0) is 28.6. The van der Waals surface area contributed by atoms with Crippen LogP contribution in [0, 0.1) is 5.82 Å². The number of carboxylic acid groups (broad SMARTS) is 1. The molecule has 1 aromatic heterocycles. The number of hydrogen-bond donors (Lipinski definition) is 2. The lowest BCUT2D eigenvalue weighted by Crippen LogP contribution is -2.53. The molecule has 1 unspecified atom stereocenters. The summed E-state index contributed by atoms with van der Waals surface area (Å²) in [5.41, 5.74) is 2.18. The van der Waals surface area contributed by atoms with Crippen LogP contribution in [0.4, 0.5) is 15.8 Å². The number of carbonyl (C=O) groups is 2. The van der Waals surface area contributed by atoms with Crippen LogP contribution in [0.15, 0.2) is 52.5 Å². The fourth-order valence-corrected chi connectivity index (χ4v) is 5.16. The molecule has 5 rings (SSSR count). The van der Waals surface area contributed by atoms with E-state index in [0.29, 0.717) is 43.1 Å². The van der Waals surface area contributed by atoms with Gasteiger partial charge in [0.25, 0.3) is 0 Å². The molecule has 2 N–H and O–H groups in total. The molecule has 1 saturated carbocycles. The zero-order valence-corrected chi connectivity index (χ0v) is 22.7. The number of pyridine rings is 1. The Labute approximate surface area is 230 Å². The van der Waals surface area contributed by atoms with Gasteiger partial charge in [0.15, 0.2) is 0 Å². The molecule has 40 heavy (non-hydrogen) atoms. The van der Waals surface area contributed by atoms with Gasteiger partial charge in [0.05, 0.1) is 23.0 Å². The van der Waals surface area contributed by atoms with Crippen LogP contribution in [0.3, 0.4) is 0 Å². The summed E-state index contributed by atoms with van der Waals surface area (Å²) >= 11 is 0. The van der Waals surface area contributed by atoms with Crippen molar-refractivity contribution in [3.8, 4) is 0 Å². The minimum absolute atomic E-state index is 0.0751. The van der Waals surface area contributed by atoms with Crippen molar-refractivity contribution in [1.29, 1.82) is 0 Å². The van der Waals surface area contributed by atoms with Crippen LogP contribution in [-0.4, -0.2) is 71.5 Å². The van der Waals surface area contributed by atoms with Gasteiger partial charge in [0.1, 0.15) is 18.5 Å². The standard InChI is InChI=1S/C29H32FN5O5/c1-17(32-40-3)19-4-6-20(7-5-19)31-28(37)18(2)33-10-12-34(13-11-33)26-15-25-22(14-24(26)30)27(36)23(29(38)39)16-35(25)21-8-9-21/h4-7,14-16,18,21H,8-13H2,1-3H3,(H,31,37)(H,38,39)/b32-17+. The average Bonchev–Trinajstić information content (AvgIpc) is 3.79. The van der Waals surface area contributed by atoms with E-state index in [-0.39, 0.29) is 22.9 Å². The first-order chi connectivity index (χ1) is 19.2. The maximum absolute atomic E-state index is 15.3. The number of aromatic nitrogens is 1. The maximum atomic E-state index is 15.3. The fourth-order valence-electron chi connectivity index (χ4n) is 5.16. The zero-order valence-electron chi connectivity index (χ0n) is 22.7. The minimum atomic E-state index is -1.32. The monoisotopic (exact) mass is 549 g/mol. The molecule has 0 spiro atoms. The van der Waals surface area contributed by atoms with Crippen molar-refractivity contribution in [2.45, 2.75) is 38.8 Å². The van der Waals surface area contributed by atoms with E-state index in [9.17, 15) is 19.5 Å². The molecule has 1 amide bonds. The quantitative estimate of drug-likeness (QED) is 0.325. The van der Waals surface area contributed by atoms with Gasteiger partial charge in [-0.1, -0.05) is 17.3 Å². The van der Waals surface area contributed by atoms with Gasteiger partial charge in [-0.2, -0.15) is 0 Å². The van der Waals surface area contributed by atoms with E-state index < -0.39 is 23.3 Å². The minimum Gasteiger partial charge on any atom is -0.477 e. The summed E-state index contributed by atoms with van der Waals surface area (Å²) in [5, 5.41) is 16.4. The highest BCUT2D eigenvalue weighted by Crippen LogP contribution is 2.38. The van der Waals surface area contributed by atoms with E-state index in [1.165, 1.54) is 13.3 Å². The van der Waals surface area contributed by atoms with Crippen LogP contribution >= 0.6 is 0 Å². The Morgan fingerprint density at radius 1 is 1.12 bits per heavy atom. The highest BCUT2D eigenvalue weighted by atomic mass is 19.1. The first-order valence-electron chi connectivity index (χ1n) is 13.3. The van der Waals surface area contributed by atoms with Gasteiger partial charge < -0.3 is 24.7 Å². The molecule has 11 heteroatoms. The molecule has 210 valence electrons. The highest BCUT2D eigenvalue weighted by molar-refractivity contribution is 5.99. The molecule has 2 heterocycles. The van der Waals surface area contributed by atoms with Crippen molar-refractivity contribution >= 4 is 39.9 Å². The third-order valence-corrected chi connectivity index (χ3v) is 7.65. The number of aromatic carboxylic acids is 1. The lowest BCUT2D eigenvalue weighted by molar-refractivity contribution is -0.120. The van der Waals surface area contributed by atoms with Crippen molar-refractivity contribution < 1.29 is 23.9 Å². The van der Waals surface area contributed by atoms with Crippen molar-refractivity contribution in [2.75, 3.05) is 43.5 Å². The predicted octanol–water partition coefficient (Wildman–Crippen LogP) is 3.69. The molecule has 0 bridgehead atoms. The summed E-state index contributed by atoms with van der Waals surface area (Å²) in [5.74, 6) is -2.02. The van der Waals surface area contributed by atoms with Gasteiger partial charge in [0, 0.05) is 49.5 Å². The van der Waals surface area contributed by atoms with Crippen LogP contribution in [0.5, 0.6) is 0 Å². The number of anilines is 2. The summed E-state index contributed by atoms with van der Waals surface area (Å²) in [6.45, 7) is 5.76. The molecular weight excluding hydrogens is 517 g/mol. The normalized spacial score (nSPS) is 17.1. The summed E-state index contributed by atoms with van der Waals surface area (Å²) < 4.78 is 17.1. The molecule has 2 fully saturated rings. The van der Waals surface area contributed by atoms with Crippen molar-refractivity contribution in [3.63, 3.8) is 0 Å². The fraction of sp³-hybridized carbons (Fsp3) is 0.379. The first kappa shape index (κ1) is 27.3. The second kappa shape index (κ2) is 11.1. The van der Waals surface area contributed by atoms with Crippen LogP contribution in [0.25, 0.3) is 10.9 Å². The Bertz CT molecular complexity index is 1540. The maximum Gasteiger partial charge on any atom is 0.341 e. The largest absolute Gasteiger partial charge is 0.477 e. The van der Waals surface area contributed by atoms with Gasteiger partial charge in [0.2, 0.25) is 11.3 Å². The smallest absolute Gasteiger partial charge is 0.341 e. The van der Waals surface area contributed by atoms with E-state index in [1.54, 1.807) is 10.6 Å². The number of fused-ring (bicyclic) bond motifs is 1. The van der Waals surface area contributed by atoms with Gasteiger partial charge >= 0.3 is 5.97 Å². The number of rotatable bonds is 8. The predicted molar refractivity (Wildman–Crippen MR) is 151 cm³/mol. The molecule has 2 aliphatic rings. The number of carboxylic acids is 1. The molecule has 10 nitrogen and oxygen atoms in total. The Hall–Kier alpha value is -4.25. The number of benzene rings is 2. The van der Waals surface area contributed by atoms with E-state index >= 15 is 4.39 Å². The van der Waals surface area contributed by atoms with Crippen LogP contribution in [0.2, 0.25) is 0 Å². The lowest BCUT2D eigenvalue weighted by Gasteiger charge is -2.38. The molecule has 0 radical (unpaired) electrons. The second-order valence-corrected chi connectivity index (χ2v) is 10.3. The third kappa shape index (κ3) is 5.42. The summed E-state index contributed by atoms with van der Waals surface area (Å²) in [4.78, 5) is 46.1. The number of piperazine rings is 1. The Balaban J connectivity index is 1.27.